The summed E-state index contributed by atoms with van der Waals surface area (Å²) in [7, 11) is 2.37. The molecule has 140 valence electrons. The van der Waals surface area contributed by atoms with Crippen LogP contribution >= 0.6 is 0 Å². The molecule has 0 bridgehead atoms. The number of hydrogen-bond acceptors (Lipinski definition) is 9. The van der Waals surface area contributed by atoms with Gasteiger partial charge >= 0.3 is 17.9 Å². The Hall–Kier alpha value is -3.10. The van der Waals surface area contributed by atoms with Crippen molar-refractivity contribution in [3.63, 3.8) is 0 Å². The van der Waals surface area contributed by atoms with Crippen LogP contribution in [0.2, 0.25) is 0 Å². The van der Waals surface area contributed by atoms with Crippen molar-refractivity contribution in [1.29, 1.82) is 0 Å². The minimum Gasteiger partial charge on any atom is -0.466 e. The van der Waals surface area contributed by atoms with Crippen molar-refractivity contribution in [2.24, 2.45) is 5.92 Å². The van der Waals surface area contributed by atoms with Gasteiger partial charge in [-0.1, -0.05) is 5.16 Å². The number of hydrogen-bond donors (Lipinski definition) is 1. The van der Waals surface area contributed by atoms with Crippen LogP contribution in [0.4, 0.5) is 0 Å². The average molecular weight is 364 g/mol. The van der Waals surface area contributed by atoms with E-state index >= 15 is 0 Å². The molecule has 9 heteroatoms. The Bertz CT molecular complexity index is 766. The first kappa shape index (κ1) is 19.2. The number of allylic oxidation sites excluding steroid dienone is 2. The topological polar surface area (TPSA) is 117 Å². The van der Waals surface area contributed by atoms with E-state index in [1.165, 1.54) is 14.2 Å². The molecule has 0 saturated heterocycles. The molecule has 2 heterocycles. The van der Waals surface area contributed by atoms with Crippen molar-refractivity contribution in [3.8, 4) is 0 Å². The number of nitrogens with zero attached hydrogens (tertiary/aromatic N) is 1. The zero-order valence-electron chi connectivity index (χ0n) is 15.2. The smallest absolute Gasteiger partial charge is 0.336 e. The Balaban J connectivity index is 2.37. The first-order chi connectivity index (χ1) is 12.3. The summed E-state index contributed by atoms with van der Waals surface area (Å²) >= 11 is 0. The van der Waals surface area contributed by atoms with Crippen LogP contribution in [0.1, 0.15) is 25.3 Å². The van der Waals surface area contributed by atoms with E-state index in [1.807, 2.05) is 0 Å². The first-order valence-corrected chi connectivity index (χ1v) is 7.74. The maximum atomic E-state index is 12.7. The average Bonchev–Trinajstić information content (AvgIpc) is 3.03. The molecule has 0 amide bonds. The molecule has 1 aromatic rings. The van der Waals surface area contributed by atoms with Crippen molar-refractivity contribution >= 4 is 17.9 Å². The summed E-state index contributed by atoms with van der Waals surface area (Å²) < 4.78 is 19.7. The predicted octanol–water partition coefficient (Wildman–Crippen LogP) is 1.14. The van der Waals surface area contributed by atoms with Gasteiger partial charge in [0.15, 0.2) is 12.4 Å². The Morgan fingerprint density at radius 1 is 1.08 bits per heavy atom. The molecule has 1 aromatic heterocycles. The SMILES string of the molecule is COC(=O)C1=C(C)NC(C)=C(C(=O)OC)C1C(=O)OCc1cc(C)no1. The van der Waals surface area contributed by atoms with Gasteiger partial charge in [0.25, 0.3) is 0 Å². The third-order valence-corrected chi connectivity index (χ3v) is 3.84. The molecule has 2 rings (SSSR count). The van der Waals surface area contributed by atoms with Crippen molar-refractivity contribution < 1.29 is 33.1 Å². The molecule has 0 atom stereocenters. The van der Waals surface area contributed by atoms with Crippen molar-refractivity contribution in [2.75, 3.05) is 14.2 Å². The molecule has 26 heavy (non-hydrogen) atoms. The largest absolute Gasteiger partial charge is 0.466 e. The second-order valence-electron chi connectivity index (χ2n) is 5.66. The minimum atomic E-state index is -1.28. The van der Waals surface area contributed by atoms with E-state index in [0.29, 0.717) is 22.8 Å². The number of aryl methyl sites for hydroxylation is 1. The normalized spacial score (nSPS) is 14.8. The molecule has 1 aliphatic rings. The second kappa shape index (κ2) is 7.85. The Morgan fingerprint density at radius 3 is 2.04 bits per heavy atom. The molecule has 0 fully saturated rings. The van der Waals surface area contributed by atoms with Gasteiger partial charge in [-0.25, -0.2) is 9.59 Å². The van der Waals surface area contributed by atoms with Gasteiger partial charge in [-0.05, 0) is 20.8 Å². The molecule has 0 aromatic carbocycles. The standard InChI is InChI=1S/C17H20N2O7/c1-8-6-11(26-19-8)7-25-17(22)14-12(15(20)23-4)9(2)18-10(3)13(14)16(21)24-5/h6,14,18H,7H2,1-5H3. The zero-order chi connectivity index (χ0) is 19.4. The lowest BCUT2D eigenvalue weighted by Crippen LogP contribution is -2.37. The van der Waals surface area contributed by atoms with Crippen LogP contribution in [0, 0.1) is 12.8 Å². The van der Waals surface area contributed by atoms with Crippen molar-refractivity contribution in [2.45, 2.75) is 27.4 Å². The van der Waals surface area contributed by atoms with E-state index in [9.17, 15) is 14.4 Å². The van der Waals surface area contributed by atoms with Gasteiger partial charge in [-0.15, -0.1) is 0 Å². The zero-order valence-corrected chi connectivity index (χ0v) is 15.2. The van der Waals surface area contributed by atoms with E-state index < -0.39 is 23.8 Å². The first-order valence-electron chi connectivity index (χ1n) is 7.74. The number of esters is 3. The fourth-order valence-electron chi connectivity index (χ4n) is 2.70. The van der Waals surface area contributed by atoms with E-state index in [-0.39, 0.29) is 17.8 Å². The molecular formula is C17H20N2O7. The molecular weight excluding hydrogens is 344 g/mol. The third kappa shape index (κ3) is 3.76. The molecule has 1 N–H and O–H groups in total. The van der Waals surface area contributed by atoms with E-state index in [4.69, 9.17) is 18.7 Å². The van der Waals surface area contributed by atoms with Gasteiger partial charge in [0.1, 0.15) is 5.92 Å². The number of ether oxygens (including phenoxy) is 3. The number of dihydropyridines is 1. The lowest BCUT2D eigenvalue weighted by atomic mass is 9.85. The van der Waals surface area contributed by atoms with E-state index in [0.717, 1.165) is 0 Å². The van der Waals surface area contributed by atoms with E-state index in [2.05, 4.69) is 10.5 Å². The van der Waals surface area contributed by atoms with Gasteiger partial charge in [0.05, 0.1) is 31.1 Å². The summed E-state index contributed by atoms with van der Waals surface area (Å²) in [6.07, 6.45) is 0. The van der Waals surface area contributed by atoms with Crippen LogP contribution in [-0.2, 0) is 35.2 Å². The Morgan fingerprint density at radius 2 is 1.62 bits per heavy atom. The highest BCUT2D eigenvalue weighted by atomic mass is 16.6. The van der Waals surface area contributed by atoms with E-state index in [1.54, 1.807) is 26.8 Å². The lowest BCUT2D eigenvalue weighted by molar-refractivity contribution is -0.152. The molecule has 0 aliphatic carbocycles. The third-order valence-electron chi connectivity index (χ3n) is 3.84. The molecule has 0 spiro atoms. The van der Waals surface area contributed by atoms with Crippen LogP contribution in [0.15, 0.2) is 33.1 Å². The van der Waals surface area contributed by atoms with Crippen LogP contribution in [0.5, 0.6) is 0 Å². The number of aromatic nitrogens is 1. The number of methoxy groups -OCH3 is 2. The number of nitrogens with one attached hydrogen (secondary N) is 1. The molecule has 0 unspecified atom stereocenters. The van der Waals surface area contributed by atoms with Crippen LogP contribution in [-0.4, -0.2) is 37.3 Å². The van der Waals surface area contributed by atoms with Gasteiger partial charge < -0.3 is 24.1 Å². The monoisotopic (exact) mass is 364 g/mol. The summed E-state index contributed by atoms with van der Waals surface area (Å²) in [6, 6.07) is 1.61. The van der Waals surface area contributed by atoms with Crippen molar-refractivity contribution in [1.82, 2.24) is 10.5 Å². The van der Waals surface area contributed by atoms with Crippen molar-refractivity contribution in [3.05, 3.63) is 40.1 Å². The predicted molar refractivity (Wildman–Crippen MR) is 87.1 cm³/mol. The van der Waals surface area contributed by atoms with Gasteiger partial charge in [0.2, 0.25) is 0 Å². The maximum Gasteiger partial charge on any atom is 0.336 e. The van der Waals surface area contributed by atoms with Gasteiger partial charge in [0, 0.05) is 17.5 Å². The highest BCUT2D eigenvalue weighted by Crippen LogP contribution is 2.32. The van der Waals surface area contributed by atoms with Crippen LogP contribution in [0.25, 0.3) is 0 Å². The molecule has 0 saturated carbocycles. The molecule has 0 radical (unpaired) electrons. The summed E-state index contributed by atoms with van der Waals surface area (Å²) in [4.78, 5) is 37.1. The highest BCUT2D eigenvalue weighted by Gasteiger charge is 2.42. The number of rotatable bonds is 5. The molecule has 1 aliphatic heterocycles. The maximum absolute atomic E-state index is 12.7. The summed E-state index contributed by atoms with van der Waals surface area (Å²) in [5.41, 5.74) is 1.38. The van der Waals surface area contributed by atoms with Crippen LogP contribution < -0.4 is 5.32 Å². The Kier molecular flexibility index (Phi) is 5.81. The van der Waals surface area contributed by atoms with Gasteiger partial charge in [-0.2, -0.15) is 0 Å². The number of carbonyl (C=O) groups is 3. The summed E-state index contributed by atoms with van der Waals surface area (Å²) in [6.45, 7) is 4.74. The quantitative estimate of drug-likeness (QED) is 0.606. The fraction of sp³-hybridized carbons (Fsp3) is 0.412. The Labute approximate surface area is 149 Å². The minimum absolute atomic E-state index is 0.0164. The number of carbonyl (C=O) groups excluding carboxylic acids is 3. The lowest BCUT2D eigenvalue weighted by Gasteiger charge is -2.28. The van der Waals surface area contributed by atoms with Crippen LogP contribution in [0.3, 0.4) is 0 Å². The molecule has 9 nitrogen and oxygen atoms in total. The summed E-state index contributed by atoms with van der Waals surface area (Å²) in [5.74, 6) is -3.24. The fourth-order valence-corrected chi connectivity index (χ4v) is 2.70. The second-order valence-corrected chi connectivity index (χ2v) is 5.66. The summed E-state index contributed by atoms with van der Waals surface area (Å²) in [5, 5.41) is 6.59. The van der Waals surface area contributed by atoms with Gasteiger partial charge in [-0.3, -0.25) is 4.79 Å². The highest BCUT2D eigenvalue weighted by molar-refractivity contribution is 6.05.